The van der Waals surface area contributed by atoms with Crippen LogP contribution in [0.1, 0.15) is 20.3 Å². The SMILES string of the molecule is CCC(=O)Nc1cc(-c2cc3cc(OC)ccc3n2CC)[nH]n1. The molecule has 6 nitrogen and oxygen atoms in total. The molecule has 23 heavy (non-hydrogen) atoms. The van der Waals surface area contributed by atoms with Gasteiger partial charge in [0, 0.05) is 29.9 Å². The van der Waals surface area contributed by atoms with E-state index in [-0.39, 0.29) is 5.91 Å². The molecule has 0 radical (unpaired) electrons. The van der Waals surface area contributed by atoms with E-state index in [1.165, 1.54) is 0 Å². The van der Waals surface area contributed by atoms with E-state index >= 15 is 0 Å². The Hall–Kier alpha value is -2.76. The number of ether oxygens (including phenoxy) is 1. The minimum Gasteiger partial charge on any atom is -0.497 e. The second-order valence-corrected chi connectivity index (χ2v) is 5.27. The van der Waals surface area contributed by atoms with Gasteiger partial charge in [0.15, 0.2) is 5.82 Å². The number of aryl methyl sites for hydroxylation is 1. The standard InChI is InChI=1S/C17H20N4O2/c1-4-17(22)18-16-10-13(19-20-16)15-9-11-8-12(23-3)6-7-14(11)21(15)5-2/h6-10H,4-5H2,1-3H3,(H2,18,19,20,22). The number of hydrogen-bond donors (Lipinski definition) is 2. The van der Waals surface area contributed by atoms with Crippen LogP contribution in [0.25, 0.3) is 22.3 Å². The van der Waals surface area contributed by atoms with Crippen molar-refractivity contribution >= 4 is 22.6 Å². The second-order valence-electron chi connectivity index (χ2n) is 5.27. The number of hydrogen-bond acceptors (Lipinski definition) is 3. The molecule has 120 valence electrons. The van der Waals surface area contributed by atoms with Crippen LogP contribution in [0, 0.1) is 0 Å². The molecular weight excluding hydrogens is 292 g/mol. The molecule has 0 unspecified atom stereocenters. The highest BCUT2D eigenvalue weighted by atomic mass is 16.5. The number of methoxy groups -OCH3 is 1. The van der Waals surface area contributed by atoms with Crippen LogP contribution < -0.4 is 10.1 Å². The number of rotatable bonds is 5. The van der Waals surface area contributed by atoms with Gasteiger partial charge in [-0.25, -0.2) is 0 Å². The quantitative estimate of drug-likeness (QED) is 0.758. The lowest BCUT2D eigenvalue weighted by Crippen LogP contribution is -2.09. The molecule has 0 fully saturated rings. The van der Waals surface area contributed by atoms with Crippen molar-refractivity contribution in [2.75, 3.05) is 12.4 Å². The number of nitrogens with zero attached hydrogens (tertiary/aromatic N) is 2. The minimum atomic E-state index is -0.0520. The number of fused-ring (bicyclic) bond motifs is 1. The Kier molecular flexibility index (Phi) is 4.06. The fraction of sp³-hybridized carbons (Fsp3) is 0.294. The van der Waals surface area contributed by atoms with Crippen molar-refractivity contribution in [3.63, 3.8) is 0 Å². The van der Waals surface area contributed by atoms with Gasteiger partial charge < -0.3 is 14.6 Å². The van der Waals surface area contributed by atoms with E-state index in [4.69, 9.17) is 4.74 Å². The number of carbonyl (C=O) groups excluding carboxylic acids is 1. The molecule has 0 saturated heterocycles. The van der Waals surface area contributed by atoms with E-state index in [9.17, 15) is 4.79 Å². The second kappa shape index (κ2) is 6.16. The van der Waals surface area contributed by atoms with Crippen molar-refractivity contribution in [3.8, 4) is 17.1 Å². The van der Waals surface area contributed by atoms with E-state index < -0.39 is 0 Å². The van der Waals surface area contributed by atoms with Crippen LogP contribution in [0.5, 0.6) is 5.75 Å². The van der Waals surface area contributed by atoms with E-state index in [0.29, 0.717) is 12.2 Å². The highest BCUT2D eigenvalue weighted by Crippen LogP contribution is 2.30. The average Bonchev–Trinajstić information content (AvgIpc) is 3.17. The van der Waals surface area contributed by atoms with Crippen molar-refractivity contribution in [3.05, 3.63) is 30.3 Å². The first-order valence-corrected chi connectivity index (χ1v) is 7.69. The summed E-state index contributed by atoms with van der Waals surface area (Å²) in [6.07, 6.45) is 0.428. The summed E-state index contributed by atoms with van der Waals surface area (Å²) in [5.74, 6) is 1.32. The monoisotopic (exact) mass is 312 g/mol. The van der Waals surface area contributed by atoms with Crippen LogP contribution >= 0.6 is 0 Å². The molecule has 0 atom stereocenters. The van der Waals surface area contributed by atoms with Gasteiger partial charge in [-0.1, -0.05) is 6.92 Å². The Morgan fingerprint density at radius 1 is 1.30 bits per heavy atom. The molecule has 2 N–H and O–H groups in total. The molecule has 0 aliphatic heterocycles. The van der Waals surface area contributed by atoms with Gasteiger partial charge in [0.2, 0.25) is 5.91 Å². The third-order valence-corrected chi connectivity index (χ3v) is 3.87. The normalized spacial score (nSPS) is 10.9. The van der Waals surface area contributed by atoms with Crippen molar-refractivity contribution in [1.82, 2.24) is 14.8 Å². The zero-order valence-electron chi connectivity index (χ0n) is 13.5. The molecule has 1 amide bonds. The highest BCUT2D eigenvalue weighted by molar-refractivity contribution is 5.91. The average molecular weight is 312 g/mol. The summed E-state index contributed by atoms with van der Waals surface area (Å²) in [6.45, 7) is 4.75. The van der Waals surface area contributed by atoms with Gasteiger partial charge in [0.1, 0.15) is 5.75 Å². The van der Waals surface area contributed by atoms with E-state index in [1.807, 2.05) is 25.1 Å². The molecular formula is C17H20N4O2. The number of amides is 1. The summed E-state index contributed by atoms with van der Waals surface area (Å²) in [5.41, 5.74) is 3.03. The minimum absolute atomic E-state index is 0.0520. The highest BCUT2D eigenvalue weighted by Gasteiger charge is 2.13. The number of benzene rings is 1. The number of carbonyl (C=O) groups is 1. The Morgan fingerprint density at radius 3 is 2.83 bits per heavy atom. The summed E-state index contributed by atoms with van der Waals surface area (Å²) in [5, 5.41) is 11.0. The van der Waals surface area contributed by atoms with Crippen LogP contribution in [0.2, 0.25) is 0 Å². The van der Waals surface area contributed by atoms with Gasteiger partial charge >= 0.3 is 0 Å². The summed E-state index contributed by atoms with van der Waals surface area (Å²) < 4.78 is 7.50. The number of aromatic nitrogens is 3. The Labute approximate surface area is 134 Å². The van der Waals surface area contributed by atoms with Crippen molar-refractivity contribution in [2.24, 2.45) is 0 Å². The van der Waals surface area contributed by atoms with Gasteiger partial charge in [-0.3, -0.25) is 9.89 Å². The fourth-order valence-electron chi connectivity index (χ4n) is 2.69. The third kappa shape index (κ3) is 2.79. The van der Waals surface area contributed by atoms with Crippen molar-refractivity contribution in [1.29, 1.82) is 0 Å². The maximum atomic E-state index is 11.5. The fourth-order valence-corrected chi connectivity index (χ4v) is 2.69. The number of nitrogens with one attached hydrogen (secondary N) is 2. The van der Waals surface area contributed by atoms with Crippen molar-refractivity contribution in [2.45, 2.75) is 26.8 Å². The van der Waals surface area contributed by atoms with Gasteiger partial charge in [0.25, 0.3) is 0 Å². The maximum absolute atomic E-state index is 11.5. The van der Waals surface area contributed by atoms with Gasteiger partial charge in [-0.15, -0.1) is 0 Å². The first-order valence-electron chi connectivity index (χ1n) is 7.69. The molecule has 3 aromatic rings. The number of aromatic amines is 1. The molecule has 6 heteroatoms. The smallest absolute Gasteiger partial charge is 0.225 e. The summed E-state index contributed by atoms with van der Waals surface area (Å²) in [6, 6.07) is 9.97. The summed E-state index contributed by atoms with van der Waals surface area (Å²) >= 11 is 0. The third-order valence-electron chi connectivity index (χ3n) is 3.87. The van der Waals surface area contributed by atoms with Crippen LogP contribution in [0.15, 0.2) is 30.3 Å². The molecule has 0 saturated carbocycles. The predicted octanol–water partition coefficient (Wildman–Crippen LogP) is 3.41. The largest absolute Gasteiger partial charge is 0.497 e. The van der Waals surface area contributed by atoms with Crippen LogP contribution in [-0.4, -0.2) is 27.8 Å². The van der Waals surface area contributed by atoms with E-state index in [0.717, 1.165) is 34.6 Å². The van der Waals surface area contributed by atoms with Gasteiger partial charge in [-0.05, 0) is 31.2 Å². The lowest BCUT2D eigenvalue weighted by molar-refractivity contribution is -0.115. The van der Waals surface area contributed by atoms with Crippen LogP contribution in [-0.2, 0) is 11.3 Å². The van der Waals surface area contributed by atoms with Crippen LogP contribution in [0.3, 0.4) is 0 Å². The molecule has 0 spiro atoms. The molecule has 0 aliphatic carbocycles. The zero-order valence-corrected chi connectivity index (χ0v) is 13.5. The molecule has 3 rings (SSSR count). The Balaban J connectivity index is 2.03. The Bertz CT molecular complexity index is 848. The lowest BCUT2D eigenvalue weighted by atomic mass is 10.2. The Morgan fingerprint density at radius 2 is 2.13 bits per heavy atom. The molecule has 1 aromatic carbocycles. The topological polar surface area (TPSA) is 71.9 Å². The van der Waals surface area contributed by atoms with Crippen LogP contribution in [0.4, 0.5) is 5.82 Å². The summed E-state index contributed by atoms with van der Waals surface area (Å²) in [4.78, 5) is 11.5. The van der Waals surface area contributed by atoms with Gasteiger partial charge in [-0.2, -0.15) is 5.10 Å². The molecule has 0 bridgehead atoms. The van der Waals surface area contributed by atoms with Gasteiger partial charge in [0.05, 0.1) is 18.5 Å². The predicted molar refractivity (Wildman–Crippen MR) is 90.7 cm³/mol. The first-order chi connectivity index (χ1) is 11.2. The summed E-state index contributed by atoms with van der Waals surface area (Å²) in [7, 11) is 1.66. The molecule has 2 heterocycles. The van der Waals surface area contributed by atoms with E-state index in [2.05, 4.69) is 39.1 Å². The lowest BCUT2D eigenvalue weighted by Gasteiger charge is -2.06. The number of H-pyrrole nitrogens is 1. The van der Waals surface area contributed by atoms with Crippen molar-refractivity contribution < 1.29 is 9.53 Å². The zero-order chi connectivity index (χ0) is 16.4. The molecule has 0 aliphatic rings. The number of anilines is 1. The molecule has 2 aromatic heterocycles. The first kappa shape index (κ1) is 15.1. The maximum Gasteiger partial charge on any atom is 0.225 e. The van der Waals surface area contributed by atoms with E-state index in [1.54, 1.807) is 7.11 Å².